The van der Waals surface area contributed by atoms with Gasteiger partial charge in [0.2, 0.25) is 5.82 Å². The Bertz CT molecular complexity index is 462. The van der Waals surface area contributed by atoms with Gasteiger partial charge in [0.05, 0.1) is 0 Å². The van der Waals surface area contributed by atoms with Gasteiger partial charge in [-0.05, 0) is 6.92 Å². The van der Waals surface area contributed by atoms with Crippen molar-refractivity contribution in [2.75, 3.05) is 5.32 Å². The lowest BCUT2D eigenvalue weighted by Gasteiger charge is -2.10. The molecule has 0 aliphatic rings. The Morgan fingerprint density at radius 1 is 1.53 bits per heavy atom. The molecule has 0 aromatic carbocycles. The second kappa shape index (κ2) is 4.37. The number of rotatable bonds is 3. The molecule has 0 aliphatic heterocycles. The third-order valence-corrected chi connectivity index (χ3v) is 1.60. The van der Waals surface area contributed by atoms with Gasteiger partial charge in [0.15, 0.2) is 0 Å². The van der Waals surface area contributed by atoms with Crippen LogP contribution in [0, 0.1) is 0 Å². The molecule has 82 valence electrons. The third-order valence-electron chi connectivity index (χ3n) is 1.60. The van der Waals surface area contributed by atoms with E-state index in [4.69, 9.17) is 5.84 Å². The number of amides is 1. The van der Waals surface area contributed by atoms with Gasteiger partial charge in [-0.2, -0.15) is 0 Å². The average Bonchev–Trinajstić information content (AvgIpc) is 2.20. The Hall–Kier alpha value is -2.16. The number of hydrogen-bond donors (Lipinski definition) is 5. The van der Waals surface area contributed by atoms with Crippen LogP contribution < -0.4 is 27.8 Å². The van der Waals surface area contributed by atoms with Crippen LogP contribution in [-0.2, 0) is 4.79 Å². The average molecular weight is 214 g/mol. The molecule has 0 radical (unpaired) electrons. The molecule has 0 aliphatic carbocycles. The van der Waals surface area contributed by atoms with Crippen LogP contribution in [0.4, 0.5) is 5.82 Å². The number of aromatic amines is 2. The standard InChI is InChI=1S/C6H10N6O3/c1-2(4(13)10-7)8-3-5(14)9-6(15)12-11-3/h2H,7H2,1H3,(H,8,11)(H,10,13)(H2,9,12,14,15)/t2-/m0/s1. The van der Waals surface area contributed by atoms with Crippen LogP contribution in [0.2, 0.25) is 0 Å². The number of hydrogen-bond acceptors (Lipinski definition) is 6. The molecule has 1 aromatic rings. The topological polar surface area (TPSA) is 146 Å². The lowest BCUT2D eigenvalue weighted by molar-refractivity contribution is -0.121. The molecule has 0 unspecified atom stereocenters. The van der Waals surface area contributed by atoms with Crippen LogP contribution in [-0.4, -0.2) is 27.1 Å². The molecule has 0 saturated heterocycles. The van der Waals surface area contributed by atoms with Crippen LogP contribution >= 0.6 is 0 Å². The van der Waals surface area contributed by atoms with E-state index in [0.29, 0.717) is 0 Å². The summed E-state index contributed by atoms with van der Waals surface area (Å²) >= 11 is 0. The highest BCUT2D eigenvalue weighted by atomic mass is 16.2. The zero-order valence-corrected chi connectivity index (χ0v) is 7.83. The van der Waals surface area contributed by atoms with E-state index >= 15 is 0 Å². The second-order valence-electron chi connectivity index (χ2n) is 2.73. The number of nitrogens with two attached hydrogens (primary N) is 1. The Balaban J connectivity index is 2.86. The van der Waals surface area contributed by atoms with Gasteiger partial charge in [-0.1, -0.05) is 0 Å². The van der Waals surface area contributed by atoms with Crippen LogP contribution in [0.3, 0.4) is 0 Å². The third kappa shape index (κ3) is 2.64. The molecule has 1 aromatic heterocycles. The maximum absolute atomic E-state index is 11.1. The molecule has 9 heteroatoms. The lowest BCUT2D eigenvalue weighted by atomic mass is 10.3. The molecule has 6 N–H and O–H groups in total. The molecular formula is C6H10N6O3. The summed E-state index contributed by atoms with van der Waals surface area (Å²) in [5.74, 6) is 4.21. The van der Waals surface area contributed by atoms with Crippen molar-refractivity contribution in [2.45, 2.75) is 13.0 Å². The van der Waals surface area contributed by atoms with Gasteiger partial charge < -0.3 is 5.32 Å². The number of carbonyl (C=O) groups is 1. The van der Waals surface area contributed by atoms with E-state index in [1.54, 1.807) is 0 Å². The summed E-state index contributed by atoms with van der Waals surface area (Å²) in [7, 11) is 0. The highest BCUT2D eigenvalue weighted by Gasteiger charge is 2.13. The van der Waals surface area contributed by atoms with Gasteiger partial charge in [0.1, 0.15) is 6.04 Å². The van der Waals surface area contributed by atoms with E-state index in [2.05, 4.69) is 10.4 Å². The fourth-order valence-corrected chi connectivity index (χ4v) is 0.841. The summed E-state index contributed by atoms with van der Waals surface area (Å²) in [4.78, 5) is 34.7. The molecule has 0 spiro atoms. The summed E-state index contributed by atoms with van der Waals surface area (Å²) in [5, 5.41) is 7.91. The zero-order chi connectivity index (χ0) is 11.4. The van der Waals surface area contributed by atoms with Crippen molar-refractivity contribution in [2.24, 2.45) is 5.84 Å². The maximum atomic E-state index is 11.1. The van der Waals surface area contributed by atoms with E-state index in [-0.39, 0.29) is 5.82 Å². The molecule has 9 nitrogen and oxygen atoms in total. The maximum Gasteiger partial charge on any atom is 0.342 e. The Labute approximate surface area is 83.0 Å². The smallest absolute Gasteiger partial charge is 0.342 e. The van der Waals surface area contributed by atoms with Crippen LogP contribution in [0.5, 0.6) is 0 Å². The van der Waals surface area contributed by atoms with Gasteiger partial charge in [0, 0.05) is 0 Å². The molecule has 1 atom stereocenters. The van der Waals surface area contributed by atoms with Gasteiger partial charge in [0.25, 0.3) is 11.5 Å². The van der Waals surface area contributed by atoms with Crippen molar-refractivity contribution in [1.29, 1.82) is 0 Å². The molecular weight excluding hydrogens is 204 g/mol. The van der Waals surface area contributed by atoms with Crippen molar-refractivity contribution >= 4 is 11.7 Å². The van der Waals surface area contributed by atoms with E-state index in [1.165, 1.54) is 6.92 Å². The molecule has 1 heterocycles. The monoisotopic (exact) mass is 214 g/mol. The fourth-order valence-electron chi connectivity index (χ4n) is 0.841. The quantitative estimate of drug-likeness (QED) is 0.209. The van der Waals surface area contributed by atoms with Gasteiger partial charge in [-0.25, -0.2) is 15.7 Å². The molecule has 0 saturated carbocycles. The summed E-state index contributed by atoms with van der Waals surface area (Å²) in [6.07, 6.45) is 0. The Kier molecular flexibility index (Phi) is 3.18. The normalized spacial score (nSPS) is 11.9. The SMILES string of the molecule is C[C@H](Nc1n[nH]c(=O)[nH]c1=O)C(=O)NN. The van der Waals surface area contributed by atoms with Crippen molar-refractivity contribution < 1.29 is 4.79 Å². The number of aromatic nitrogens is 3. The van der Waals surface area contributed by atoms with Crippen molar-refractivity contribution in [3.63, 3.8) is 0 Å². The number of hydrazine groups is 1. The van der Waals surface area contributed by atoms with Crippen LogP contribution in [0.15, 0.2) is 9.59 Å². The zero-order valence-electron chi connectivity index (χ0n) is 7.83. The minimum atomic E-state index is -0.741. The van der Waals surface area contributed by atoms with Crippen molar-refractivity contribution in [3.8, 4) is 0 Å². The Morgan fingerprint density at radius 2 is 2.20 bits per heavy atom. The first-order chi connectivity index (χ1) is 7.04. The molecule has 1 amide bonds. The number of carbonyl (C=O) groups excluding carboxylic acids is 1. The molecule has 0 bridgehead atoms. The number of nitrogens with zero attached hydrogens (tertiary/aromatic N) is 1. The number of H-pyrrole nitrogens is 2. The predicted molar refractivity (Wildman–Crippen MR) is 50.9 cm³/mol. The largest absolute Gasteiger partial charge is 0.353 e. The van der Waals surface area contributed by atoms with Crippen molar-refractivity contribution in [1.82, 2.24) is 20.6 Å². The highest BCUT2D eigenvalue weighted by molar-refractivity contribution is 5.83. The Morgan fingerprint density at radius 3 is 2.73 bits per heavy atom. The van der Waals surface area contributed by atoms with Gasteiger partial charge in [-0.15, -0.1) is 5.10 Å². The molecule has 1 rings (SSSR count). The van der Waals surface area contributed by atoms with Gasteiger partial charge >= 0.3 is 5.69 Å². The van der Waals surface area contributed by atoms with E-state index in [9.17, 15) is 14.4 Å². The molecule has 15 heavy (non-hydrogen) atoms. The second-order valence-corrected chi connectivity index (χ2v) is 2.73. The first-order valence-corrected chi connectivity index (χ1v) is 4.00. The van der Waals surface area contributed by atoms with E-state index in [0.717, 1.165) is 0 Å². The predicted octanol–water partition coefficient (Wildman–Crippen LogP) is -2.75. The van der Waals surface area contributed by atoms with Crippen LogP contribution in [0.25, 0.3) is 0 Å². The highest BCUT2D eigenvalue weighted by Crippen LogP contribution is 1.92. The van der Waals surface area contributed by atoms with Crippen molar-refractivity contribution in [3.05, 3.63) is 20.8 Å². The van der Waals surface area contributed by atoms with E-state index < -0.39 is 23.2 Å². The summed E-state index contributed by atoms with van der Waals surface area (Å²) in [6, 6.07) is -0.741. The van der Waals surface area contributed by atoms with Crippen LogP contribution in [0.1, 0.15) is 6.92 Å². The van der Waals surface area contributed by atoms with E-state index in [1.807, 2.05) is 15.5 Å². The minimum absolute atomic E-state index is 0.161. The fraction of sp³-hybridized carbons (Fsp3) is 0.333. The van der Waals surface area contributed by atoms with Gasteiger partial charge in [-0.3, -0.25) is 20.0 Å². The summed E-state index contributed by atoms with van der Waals surface area (Å²) in [6.45, 7) is 1.48. The first-order valence-electron chi connectivity index (χ1n) is 4.00. The number of nitrogens with one attached hydrogen (secondary N) is 4. The lowest BCUT2D eigenvalue weighted by Crippen LogP contribution is -2.43. The summed E-state index contributed by atoms with van der Waals surface area (Å²) < 4.78 is 0. The number of anilines is 1. The first kappa shape index (κ1) is 10.9. The molecule has 0 fully saturated rings. The minimum Gasteiger partial charge on any atom is -0.353 e. The summed E-state index contributed by atoms with van der Waals surface area (Å²) in [5.41, 5.74) is 0.469.